The van der Waals surface area contributed by atoms with Gasteiger partial charge in [0, 0.05) is 53.2 Å². The fraction of sp³-hybridized carbons (Fsp3) is 0.355. The van der Waals surface area contributed by atoms with Gasteiger partial charge in [-0.1, -0.05) is 6.07 Å². The third-order valence-electron chi connectivity index (χ3n) is 8.03. The lowest BCUT2D eigenvalue weighted by molar-refractivity contribution is -0.137. The second kappa shape index (κ2) is 12.9. The van der Waals surface area contributed by atoms with Gasteiger partial charge in [0.25, 0.3) is 11.8 Å². The van der Waals surface area contributed by atoms with Gasteiger partial charge in [0.15, 0.2) is 0 Å². The van der Waals surface area contributed by atoms with Gasteiger partial charge in [-0.05, 0) is 76.2 Å². The van der Waals surface area contributed by atoms with Crippen molar-refractivity contribution in [3.05, 3.63) is 70.4 Å². The second-order valence-corrected chi connectivity index (χ2v) is 12.4. The molecule has 14 heteroatoms. The van der Waals surface area contributed by atoms with Gasteiger partial charge in [-0.3, -0.25) is 9.59 Å². The molecule has 238 valence electrons. The SMILES string of the molecule is Cc1ccc(NC(=O)c2cc(N3CC[C@H](N(C)C)C3)cc(C(F)(F)F)c2)cc1NC(=O)c1csc2c(NC3CC3)ncnc12.S. The van der Waals surface area contributed by atoms with E-state index in [1.807, 2.05) is 30.8 Å². The quantitative estimate of drug-likeness (QED) is 0.203. The van der Waals surface area contributed by atoms with E-state index in [0.717, 1.165) is 41.7 Å². The van der Waals surface area contributed by atoms with Crippen LogP contribution in [0.3, 0.4) is 0 Å². The highest BCUT2D eigenvalue weighted by Gasteiger charge is 2.33. The first-order valence-electron chi connectivity index (χ1n) is 14.3. The zero-order valence-corrected chi connectivity index (χ0v) is 26.8. The van der Waals surface area contributed by atoms with Crippen LogP contribution in [0.5, 0.6) is 0 Å². The Bertz CT molecular complexity index is 1740. The maximum atomic E-state index is 13.8. The molecule has 0 bridgehead atoms. The van der Waals surface area contributed by atoms with Crippen LogP contribution in [-0.4, -0.2) is 66.0 Å². The van der Waals surface area contributed by atoms with E-state index in [-0.39, 0.29) is 31.0 Å². The first kappa shape index (κ1) is 32.5. The van der Waals surface area contributed by atoms with Gasteiger partial charge in [0.2, 0.25) is 0 Å². The van der Waals surface area contributed by atoms with E-state index in [4.69, 9.17) is 0 Å². The summed E-state index contributed by atoms with van der Waals surface area (Å²) in [5.74, 6) is -0.344. The summed E-state index contributed by atoms with van der Waals surface area (Å²) in [6.07, 6.45) is -0.197. The predicted octanol–water partition coefficient (Wildman–Crippen LogP) is 6.35. The predicted molar refractivity (Wildman–Crippen MR) is 177 cm³/mol. The van der Waals surface area contributed by atoms with Crippen molar-refractivity contribution >= 4 is 69.7 Å². The van der Waals surface area contributed by atoms with Crippen molar-refractivity contribution in [3.63, 3.8) is 0 Å². The number of fused-ring (bicyclic) bond motifs is 1. The third-order valence-corrected chi connectivity index (χ3v) is 9.00. The molecule has 1 saturated carbocycles. The number of carbonyl (C=O) groups excluding carboxylic acids is 2. The van der Waals surface area contributed by atoms with Crippen molar-refractivity contribution in [2.75, 3.05) is 48.0 Å². The maximum Gasteiger partial charge on any atom is 0.416 e. The number of aryl methyl sites for hydroxylation is 1. The van der Waals surface area contributed by atoms with E-state index in [1.54, 1.807) is 23.6 Å². The van der Waals surface area contributed by atoms with Crippen molar-refractivity contribution in [3.8, 4) is 0 Å². The Balaban J connectivity index is 0.00000400. The summed E-state index contributed by atoms with van der Waals surface area (Å²) >= 11 is 1.39. The average Bonchev–Trinajstić information content (AvgIpc) is 3.46. The number of anilines is 4. The molecule has 4 aromatic rings. The van der Waals surface area contributed by atoms with Crippen molar-refractivity contribution in [2.24, 2.45) is 0 Å². The average molecular weight is 658 g/mol. The van der Waals surface area contributed by atoms with E-state index in [0.29, 0.717) is 53.1 Å². The van der Waals surface area contributed by atoms with Gasteiger partial charge >= 0.3 is 6.18 Å². The number of likely N-dealkylation sites (N-methyl/N-ethyl adjacent to an activating group) is 1. The Morgan fingerprint density at radius 3 is 2.49 bits per heavy atom. The van der Waals surface area contributed by atoms with Crippen molar-refractivity contribution < 1.29 is 22.8 Å². The summed E-state index contributed by atoms with van der Waals surface area (Å²) in [7, 11) is 3.88. The zero-order chi connectivity index (χ0) is 31.2. The minimum atomic E-state index is -4.61. The topological polar surface area (TPSA) is 102 Å². The molecule has 0 radical (unpaired) electrons. The molecule has 1 atom stereocenters. The summed E-state index contributed by atoms with van der Waals surface area (Å²) in [5, 5.41) is 10.7. The first-order chi connectivity index (χ1) is 21.0. The number of alkyl halides is 3. The largest absolute Gasteiger partial charge is 0.416 e. The molecule has 6 rings (SSSR count). The lowest BCUT2D eigenvalue weighted by Crippen LogP contribution is -2.31. The number of benzene rings is 2. The van der Waals surface area contributed by atoms with Crippen molar-refractivity contribution in [1.82, 2.24) is 14.9 Å². The van der Waals surface area contributed by atoms with Gasteiger partial charge in [-0.15, -0.1) is 11.3 Å². The summed E-state index contributed by atoms with van der Waals surface area (Å²) in [6.45, 7) is 2.97. The van der Waals surface area contributed by atoms with Crippen LogP contribution in [0.1, 0.15) is 51.1 Å². The normalized spacial score (nSPS) is 16.5. The van der Waals surface area contributed by atoms with Gasteiger partial charge in [-0.2, -0.15) is 26.7 Å². The monoisotopic (exact) mass is 657 g/mol. The lowest BCUT2D eigenvalue weighted by Gasteiger charge is -2.23. The minimum absolute atomic E-state index is 0. The Kier molecular flexibility index (Phi) is 9.28. The van der Waals surface area contributed by atoms with E-state index in [9.17, 15) is 22.8 Å². The van der Waals surface area contributed by atoms with Crippen molar-refractivity contribution in [1.29, 1.82) is 0 Å². The van der Waals surface area contributed by atoms with Crippen LogP contribution in [0.15, 0.2) is 48.1 Å². The highest BCUT2D eigenvalue weighted by Crippen LogP contribution is 2.36. The van der Waals surface area contributed by atoms with Crippen LogP contribution in [-0.2, 0) is 6.18 Å². The van der Waals surface area contributed by atoms with Crippen LogP contribution in [0.4, 0.5) is 36.1 Å². The molecule has 3 N–H and O–H groups in total. The van der Waals surface area contributed by atoms with E-state index in [2.05, 4.69) is 25.9 Å². The molecule has 2 aliphatic rings. The molecule has 0 spiro atoms. The highest BCUT2D eigenvalue weighted by atomic mass is 32.1. The number of halogens is 3. The number of rotatable bonds is 8. The molecule has 2 aromatic heterocycles. The van der Waals surface area contributed by atoms with Crippen molar-refractivity contribution in [2.45, 2.75) is 44.4 Å². The molecule has 9 nitrogen and oxygen atoms in total. The van der Waals surface area contributed by atoms with E-state index < -0.39 is 17.6 Å². The molecule has 2 fully saturated rings. The number of nitrogens with one attached hydrogen (secondary N) is 3. The number of hydrogen-bond acceptors (Lipinski definition) is 8. The summed E-state index contributed by atoms with van der Waals surface area (Å²) in [4.78, 5) is 39.2. The lowest BCUT2D eigenvalue weighted by atomic mass is 10.1. The molecule has 1 aliphatic carbocycles. The highest BCUT2D eigenvalue weighted by molar-refractivity contribution is 7.59. The maximum absolute atomic E-state index is 13.8. The van der Waals surface area contributed by atoms with Crippen LogP contribution in [0.2, 0.25) is 0 Å². The molecular weight excluding hydrogens is 624 g/mol. The molecule has 1 aliphatic heterocycles. The number of thiophene rings is 1. The fourth-order valence-corrected chi connectivity index (χ4v) is 6.20. The number of aromatic nitrogens is 2. The van der Waals surface area contributed by atoms with Gasteiger partial charge in [0.05, 0.1) is 21.3 Å². The molecule has 0 unspecified atom stereocenters. The molecule has 45 heavy (non-hydrogen) atoms. The Hall–Kier alpha value is -3.88. The van der Waals surface area contributed by atoms with Crippen LogP contribution >= 0.6 is 24.8 Å². The Morgan fingerprint density at radius 2 is 1.80 bits per heavy atom. The summed E-state index contributed by atoms with van der Waals surface area (Å²) in [6, 6.07) is 9.02. The van der Waals surface area contributed by atoms with Crippen LogP contribution < -0.4 is 20.9 Å². The van der Waals surface area contributed by atoms with E-state index in [1.165, 1.54) is 23.7 Å². The number of amides is 2. The summed E-state index contributed by atoms with van der Waals surface area (Å²) < 4.78 is 42.3. The second-order valence-electron chi connectivity index (χ2n) is 11.5. The Labute approximate surface area is 269 Å². The van der Waals surface area contributed by atoms with Gasteiger partial charge in [-0.25, -0.2) is 9.97 Å². The fourth-order valence-electron chi connectivity index (χ4n) is 5.25. The molecule has 2 aromatic carbocycles. The third kappa shape index (κ3) is 7.18. The van der Waals surface area contributed by atoms with Crippen LogP contribution in [0, 0.1) is 6.92 Å². The smallest absolute Gasteiger partial charge is 0.370 e. The van der Waals surface area contributed by atoms with Gasteiger partial charge < -0.3 is 25.8 Å². The van der Waals surface area contributed by atoms with E-state index >= 15 is 0 Å². The molecular formula is C31H34F3N7O2S2. The zero-order valence-electron chi connectivity index (χ0n) is 25.0. The summed E-state index contributed by atoms with van der Waals surface area (Å²) in [5.41, 5.74) is 1.84. The first-order valence-corrected chi connectivity index (χ1v) is 15.2. The standard InChI is InChI=1S/C31H32F3N7O2S.H2S/c1-17-4-5-21(13-25(17)39-30(43)24-15-44-27-26(24)35-16-36-28(27)37-20-6-7-20)38-29(42)18-10-19(31(32,33)34)12-23(11-18)41-9-8-22(14-41)40(2)3;/h4-5,10-13,15-16,20,22H,6-9,14H2,1-3H3,(H,38,42)(H,39,43)(H,35,36,37);1H2/t22-;/m0./s1. The number of carbonyl (C=O) groups is 2. The number of nitrogens with zero attached hydrogens (tertiary/aromatic N) is 4. The molecule has 1 saturated heterocycles. The van der Waals surface area contributed by atoms with Gasteiger partial charge in [0.1, 0.15) is 12.1 Å². The molecule has 3 heterocycles. The Morgan fingerprint density at radius 1 is 1.02 bits per heavy atom. The minimum Gasteiger partial charge on any atom is -0.370 e. The number of hydrogen-bond donors (Lipinski definition) is 3. The van der Waals surface area contributed by atoms with Crippen LogP contribution in [0.25, 0.3) is 10.2 Å². The molecule has 2 amide bonds.